The van der Waals surface area contributed by atoms with Crippen molar-refractivity contribution in [1.29, 1.82) is 0 Å². The number of rotatable bonds is 8. The summed E-state index contributed by atoms with van der Waals surface area (Å²) < 4.78 is 13.7. The predicted octanol–water partition coefficient (Wildman–Crippen LogP) is 7.03. The minimum absolute atomic E-state index is 0.0314. The molecule has 0 aromatic heterocycles. The summed E-state index contributed by atoms with van der Waals surface area (Å²) in [6.07, 6.45) is 2.75. The normalized spacial score (nSPS) is 15.0. The van der Waals surface area contributed by atoms with E-state index in [-0.39, 0.29) is 5.91 Å². The van der Waals surface area contributed by atoms with Crippen LogP contribution < -0.4 is 9.47 Å². The Labute approximate surface area is 217 Å². The van der Waals surface area contributed by atoms with Crippen molar-refractivity contribution in [2.45, 2.75) is 26.9 Å². The Morgan fingerprint density at radius 3 is 2.67 bits per heavy atom. The summed E-state index contributed by atoms with van der Waals surface area (Å²) >= 11 is 9.00. The molecule has 0 unspecified atom stereocenters. The highest BCUT2D eigenvalue weighted by molar-refractivity contribution is 14.1. The smallest absolute Gasteiger partial charge is 0.266 e. The highest BCUT2D eigenvalue weighted by Crippen LogP contribution is 2.38. The lowest BCUT2D eigenvalue weighted by atomic mass is 10.1. The van der Waals surface area contributed by atoms with E-state index in [0.29, 0.717) is 40.5 Å². The molecule has 1 aliphatic heterocycles. The number of ether oxygens (including phenoxy) is 2. The molecule has 1 aliphatic rings. The van der Waals surface area contributed by atoms with Gasteiger partial charge in [0.25, 0.3) is 5.91 Å². The van der Waals surface area contributed by atoms with Crippen LogP contribution in [0.15, 0.2) is 59.5 Å². The van der Waals surface area contributed by atoms with E-state index in [1.165, 1.54) is 22.5 Å². The first-order valence-corrected chi connectivity index (χ1v) is 13.1. The molecule has 0 radical (unpaired) electrons. The molecule has 0 N–H and O–H groups in total. The molecular formula is C26H24INO3S2. The minimum Gasteiger partial charge on any atom is -0.490 e. The van der Waals surface area contributed by atoms with Gasteiger partial charge < -0.3 is 9.47 Å². The molecule has 170 valence electrons. The summed E-state index contributed by atoms with van der Waals surface area (Å²) in [6, 6.07) is 18.5. The number of benzene rings is 3. The third-order valence-electron chi connectivity index (χ3n) is 5.20. The van der Waals surface area contributed by atoms with Crippen molar-refractivity contribution in [3.05, 3.63) is 74.2 Å². The van der Waals surface area contributed by atoms with E-state index in [0.717, 1.165) is 21.1 Å². The van der Waals surface area contributed by atoms with Gasteiger partial charge in [-0.1, -0.05) is 73.4 Å². The molecule has 4 nitrogen and oxygen atoms in total. The molecule has 3 aromatic rings. The van der Waals surface area contributed by atoms with Crippen LogP contribution in [0.5, 0.6) is 11.5 Å². The molecule has 0 spiro atoms. The zero-order valence-corrected chi connectivity index (χ0v) is 22.3. The lowest BCUT2D eigenvalue weighted by Crippen LogP contribution is -2.28. The van der Waals surface area contributed by atoms with E-state index in [2.05, 4.69) is 46.9 Å². The minimum atomic E-state index is -0.0314. The monoisotopic (exact) mass is 589 g/mol. The topological polar surface area (TPSA) is 38.8 Å². The third kappa shape index (κ3) is 5.36. The van der Waals surface area contributed by atoms with Crippen molar-refractivity contribution in [3.63, 3.8) is 0 Å². The average molecular weight is 590 g/mol. The fourth-order valence-corrected chi connectivity index (χ4v) is 5.80. The maximum atomic E-state index is 12.7. The molecule has 7 heteroatoms. The standard InChI is InChI=1S/C26H24INO3S2/c1-3-12-28-25(29)23(33-26(28)32)15-17-13-21(27)24(22(14-17)30-4-2)31-16-19-10-7-9-18-8-5-6-11-20(18)19/h5-11,13-15H,3-4,12,16H2,1-2H3/b23-15-. The van der Waals surface area contributed by atoms with Crippen LogP contribution in [0.1, 0.15) is 31.4 Å². The zero-order valence-electron chi connectivity index (χ0n) is 18.5. The van der Waals surface area contributed by atoms with Crippen LogP contribution in [0.4, 0.5) is 0 Å². The quantitative estimate of drug-likeness (QED) is 0.160. The van der Waals surface area contributed by atoms with E-state index >= 15 is 0 Å². The number of carbonyl (C=O) groups is 1. The molecule has 1 fully saturated rings. The van der Waals surface area contributed by atoms with Crippen LogP contribution in [0.25, 0.3) is 16.8 Å². The van der Waals surface area contributed by atoms with Gasteiger partial charge in [0.1, 0.15) is 10.9 Å². The van der Waals surface area contributed by atoms with Gasteiger partial charge >= 0.3 is 0 Å². The number of halogens is 1. The van der Waals surface area contributed by atoms with E-state index in [4.69, 9.17) is 21.7 Å². The highest BCUT2D eigenvalue weighted by Gasteiger charge is 2.31. The molecule has 4 rings (SSSR count). The van der Waals surface area contributed by atoms with Crippen molar-refractivity contribution in [2.75, 3.05) is 13.2 Å². The van der Waals surface area contributed by atoms with Gasteiger partial charge in [-0.15, -0.1) is 0 Å². The second-order valence-corrected chi connectivity index (χ2v) is 10.4. The van der Waals surface area contributed by atoms with Gasteiger partial charge in [0.2, 0.25) is 0 Å². The van der Waals surface area contributed by atoms with Gasteiger partial charge in [-0.2, -0.15) is 0 Å². The summed E-state index contributed by atoms with van der Waals surface area (Å²) in [5.74, 6) is 1.34. The van der Waals surface area contributed by atoms with Crippen molar-refractivity contribution in [1.82, 2.24) is 4.90 Å². The zero-order chi connectivity index (χ0) is 23.4. The first-order chi connectivity index (χ1) is 16.0. The SMILES string of the molecule is CCCN1C(=O)/C(=C/c2cc(I)c(OCc3cccc4ccccc34)c(OCC)c2)SC1=S. The molecule has 1 saturated heterocycles. The third-order valence-corrected chi connectivity index (χ3v) is 7.38. The Balaban J connectivity index is 1.61. The average Bonchev–Trinajstić information content (AvgIpc) is 3.06. The molecule has 1 heterocycles. The van der Waals surface area contributed by atoms with Gasteiger partial charge in [-0.3, -0.25) is 9.69 Å². The van der Waals surface area contributed by atoms with Gasteiger partial charge in [0, 0.05) is 6.54 Å². The lowest BCUT2D eigenvalue weighted by Gasteiger charge is -2.16. The molecule has 0 atom stereocenters. The molecular weight excluding hydrogens is 565 g/mol. The van der Waals surface area contributed by atoms with Gasteiger partial charge in [0.05, 0.1) is 15.1 Å². The molecule has 0 aliphatic carbocycles. The molecule has 0 saturated carbocycles. The highest BCUT2D eigenvalue weighted by atomic mass is 127. The van der Waals surface area contributed by atoms with Crippen molar-refractivity contribution in [2.24, 2.45) is 0 Å². The Morgan fingerprint density at radius 2 is 1.88 bits per heavy atom. The van der Waals surface area contributed by atoms with Crippen LogP contribution in [-0.2, 0) is 11.4 Å². The maximum Gasteiger partial charge on any atom is 0.266 e. The first kappa shape index (κ1) is 24.0. The number of hydrogen-bond donors (Lipinski definition) is 0. The van der Waals surface area contributed by atoms with E-state index in [1.54, 1.807) is 4.90 Å². The number of carbonyl (C=O) groups excluding carboxylic acids is 1. The van der Waals surface area contributed by atoms with E-state index < -0.39 is 0 Å². The summed E-state index contributed by atoms with van der Waals surface area (Å²) in [7, 11) is 0. The van der Waals surface area contributed by atoms with Crippen molar-refractivity contribution < 1.29 is 14.3 Å². The predicted molar refractivity (Wildman–Crippen MR) is 149 cm³/mol. The maximum absolute atomic E-state index is 12.7. The molecule has 1 amide bonds. The first-order valence-electron chi connectivity index (χ1n) is 10.8. The Bertz CT molecular complexity index is 1240. The van der Waals surface area contributed by atoms with Crippen molar-refractivity contribution in [3.8, 4) is 11.5 Å². The van der Waals surface area contributed by atoms with Crippen LogP contribution in [0.3, 0.4) is 0 Å². The Kier molecular flexibility index (Phi) is 7.93. The van der Waals surface area contributed by atoms with Crippen LogP contribution in [0, 0.1) is 3.57 Å². The molecule has 3 aromatic carbocycles. The Morgan fingerprint density at radius 1 is 1.09 bits per heavy atom. The van der Waals surface area contributed by atoms with Gasteiger partial charge in [-0.05, 0) is 76.0 Å². The van der Waals surface area contributed by atoms with Crippen molar-refractivity contribution >= 4 is 73.6 Å². The summed E-state index contributed by atoms with van der Waals surface area (Å²) in [5.41, 5.74) is 2.01. The molecule has 33 heavy (non-hydrogen) atoms. The number of thioether (sulfide) groups is 1. The summed E-state index contributed by atoms with van der Waals surface area (Å²) in [6.45, 7) is 5.58. The number of thiocarbonyl (C=S) groups is 1. The van der Waals surface area contributed by atoms with E-state index in [9.17, 15) is 4.79 Å². The van der Waals surface area contributed by atoms with Crippen LogP contribution in [0.2, 0.25) is 0 Å². The van der Waals surface area contributed by atoms with Crippen LogP contribution in [-0.4, -0.2) is 28.3 Å². The van der Waals surface area contributed by atoms with Gasteiger partial charge in [-0.25, -0.2) is 0 Å². The number of nitrogens with zero attached hydrogens (tertiary/aromatic N) is 1. The Hall–Kier alpha value is -2.10. The van der Waals surface area contributed by atoms with Crippen LogP contribution >= 0.6 is 46.6 Å². The molecule has 0 bridgehead atoms. The second kappa shape index (κ2) is 10.9. The second-order valence-electron chi connectivity index (χ2n) is 7.52. The largest absolute Gasteiger partial charge is 0.490 e. The number of fused-ring (bicyclic) bond motifs is 1. The summed E-state index contributed by atoms with van der Waals surface area (Å²) in [4.78, 5) is 15.0. The van der Waals surface area contributed by atoms with E-state index in [1.807, 2.05) is 50.3 Å². The number of amides is 1. The lowest BCUT2D eigenvalue weighted by molar-refractivity contribution is -0.122. The fourth-order valence-electron chi connectivity index (χ4n) is 3.71. The fraction of sp³-hybridized carbons (Fsp3) is 0.231. The van der Waals surface area contributed by atoms with Gasteiger partial charge in [0.15, 0.2) is 11.5 Å². The summed E-state index contributed by atoms with van der Waals surface area (Å²) in [5, 5.41) is 2.37. The number of hydrogen-bond acceptors (Lipinski definition) is 5.